The van der Waals surface area contributed by atoms with Crippen molar-refractivity contribution in [1.82, 2.24) is 0 Å². The SMILES string of the molecule is Cc1cccc(N2CC(CCl)CC2=O)c1O. The van der Waals surface area contributed by atoms with E-state index in [4.69, 9.17) is 11.6 Å². The molecule has 1 amide bonds. The number of rotatable bonds is 2. The molecule has 1 N–H and O–H groups in total. The Morgan fingerprint density at radius 2 is 2.31 bits per heavy atom. The van der Waals surface area contributed by atoms with Crippen LogP contribution in [0.4, 0.5) is 5.69 Å². The minimum absolute atomic E-state index is 0.0338. The average Bonchev–Trinajstić information content (AvgIpc) is 2.64. The van der Waals surface area contributed by atoms with Crippen molar-refractivity contribution < 1.29 is 9.90 Å². The minimum Gasteiger partial charge on any atom is -0.505 e. The lowest BCUT2D eigenvalue weighted by atomic mass is 10.1. The van der Waals surface area contributed by atoms with Gasteiger partial charge in [-0.2, -0.15) is 0 Å². The summed E-state index contributed by atoms with van der Waals surface area (Å²) >= 11 is 5.76. The molecule has 3 nitrogen and oxygen atoms in total. The number of hydrogen-bond donors (Lipinski definition) is 1. The van der Waals surface area contributed by atoms with Crippen molar-refractivity contribution in [2.75, 3.05) is 17.3 Å². The molecule has 0 bridgehead atoms. The van der Waals surface area contributed by atoms with Crippen molar-refractivity contribution in [3.05, 3.63) is 23.8 Å². The number of para-hydroxylation sites is 1. The van der Waals surface area contributed by atoms with Gasteiger partial charge in [0, 0.05) is 18.8 Å². The molecule has 0 aliphatic carbocycles. The van der Waals surface area contributed by atoms with Gasteiger partial charge in [0.15, 0.2) is 0 Å². The van der Waals surface area contributed by atoms with Gasteiger partial charge in [0.25, 0.3) is 0 Å². The molecule has 1 aliphatic rings. The normalized spacial score (nSPS) is 20.5. The van der Waals surface area contributed by atoms with E-state index in [2.05, 4.69) is 0 Å². The number of carbonyl (C=O) groups excluding carboxylic acids is 1. The zero-order valence-electron chi connectivity index (χ0n) is 9.11. The maximum absolute atomic E-state index is 11.8. The van der Waals surface area contributed by atoms with Crippen LogP contribution in [-0.2, 0) is 4.79 Å². The number of halogens is 1. The Labute approximate surface area is 99.6 Å². The molecular weight excluding hydrogens is 226 g/mol. The Morgan fingerprint density at radius 3 is 2.94 bits per heavy atom. The van der Waals surface area contributed by atoms with E-state index in [1.165, 1.54) is 0 Å². The summed E-state index contributed by atoms with van der Waals surface area (Å²) in [7, 11) is 0. The quantitative estimate of drug-likeness (QED) is 0.805. The van der Waals surface area contributed by atoms with Gasteiger partial charge < -0.3 is 10.0 Å². The lowest BCUT2D eigenvalue weighted by Crippen LogP contribution is -2.24. The minimum atomic E-state index is 0.0338. The molecule has 86 valence electrons. The summed E-state index contributed by atoms with van der Waals surface area (Å²) in [6.45, 7) is 2.41. The molecule has 0 spiro atoms. The van der Waals surface area contributed by atoms with Gasteiger partial charge in [-0.3, -0.25) is 4.79 Å². The molecule has 1 aliphatic heterocycles. The maximum Gasteiger partial charge on any atom is 0.227 e. The number of benzene rings is 1. The van der Waals surface area contributed by atoms with Gasteiger partial charge in [-0.1, -0.05) is 12.1 Å². The number of alkyl halides is 1. The van der Waals surface area contributed by atoms with Crippen molar-refractivity contribution in [3.8, 4) is 5.75 Å². The number of anilines is 1. The van der Waals surface area contributed by atoms with Crippen LogP contribution in [0.3, 0.4) is 0 Å². The van der Waals surface area contributed by atoms with Crippen LogP contribution < -0.4 is 4.90 Å². The second kappa shape index (κ2) is 4.34. The first-order valence-corrected chi connectivity index (χ1v) is 5.82. The summed E-state index contributed by atoms with van der Waals surface area (Å²) in [5.41, 5.74) is 1.37. The standard InChI is InChI=1S/C12H14ClNO2/c1-8-3-2-4-10(12(8)16)14-7-9(6-13)5-11(14)15/h2-4,9,16H,5-7H2,1H3. The number of phenolic OH excluding ortho intramolecular Hbond substituents is 1. The predicted molar refractivity (Wildman–Crippen MR) is 64.0 cm³/mol. The summed E-state index contributed by atoms with van der Waals surface area (Å²) in [5.74, 6) is 0.890. The third-order valence-electron chi connectivity index (χ3n) is 2.93. The van der Waals surface area contributed by atoms with E-state index in [0.717, 1.165) is 5.56 Å². The second-order valence-electron chi connectivity index (χ2n) is 4.17. The molecule has 1 aromatic rings. The van der Waals surface area contributed by atoms with Gasteiger partial charge >= 0.3 is 0 Å². The van der Waals surface area contributed by atoms with Crippen LogP contribution in [0.15, 0.2) is 18.2 Å². The van der Waals surface area contributed by atoms with E-state index < -0.39 is 0 Å². The Morgan fingerprint density at radius 1 is 1.56 bits per heavy atom. The first-order valence-electron chi connectivity index (χ1n) is 5.28. The Hall–Kier alpha value is -1.22. The van der Waals surface area contributed by atoms with Crippen LogP contribution in [0.25, 0.3) is 0 Å². The number of aryl methyl sites for hydroxylation is 1. The van der Waals surface area contributed by atoms with Crippen LogP contribution in [0.2, 0.25) is 0 Å². The molecule has 1 atom stereocenters. The Balaban J connectivity index is 2.31. The summed E-state index contributed by atoms with van der Waals surface area (Å²) < 4.78 is 0. The van der Waals surface area contributed by atoms with E-state index in [-0.39, 0.29) is 17.6 Å². The van der Waals surface area contributed by atoms with Crippen LogP contribution >= 0.6 is 11.6 Å². The summed E-state index contributed by atoms with van der Waals surface area (Å²) in [4.78, 5) is 13.4. The second-order valence-corrected chi connectivity index (χ2v) is 4.48. The Bertz CT molecular complexity index is 419. The zero-order valence-corrected chi connectivity index (χ0v) is 9.87. The Kier molecular flexibility index (Phi) is 3.06. The van der Waals surface area contributed by atoms with Gasteiger partial charge in [-0.05, 0) is 24.5 Å². The smallest absolute Gasteiger partial charge is 0.227 e. The van der Waals surface area contributed by atoms with Gasteiger partial charge in [-0.15, -0.1) is 11.6 Å². The number of phenols is 1. The topological polar surface area (TPSA) is 40.5 Å². The van der Waals surface area contributed by atoms with Crippen molar-refractivity contribution in [2.45, 2.75) is 13.3 Å². The van der Waals surface area contributed by atoms with E-state index in [9.17, 15) is 9.90 Å². The molecule has 1 heterocycles. The molecule has 16 heavy (non-hydrogen) atoms. The molecule has 1 unspecified atom stereocenters. The molecule has 2 rings (SSSR count). The van der Waals surface area contributed by atoms with E-state index in [1.807, 2.05) is 19.1 Å². The van der Waals surface area contributed by atoms with Gasteiger partial charge in [-0.25, -0.2) is 0 Å². The first-order chi connectivity index (χ1) is 7.63. The largest absolute Gasteiger partial charge is 0.505 e. The first kappa shape index (κ1) is 11.3. The van der Waals surface area contributed by atoms with E-state index in [0.29, 0.717) is 24.5 Å². The molecule has 0 radical (unpaired) electrons. The maximum atomic E-state index is 11.8. The number of amides is 1. The fraction of sp³-hybridized carbons (Fsp3) is 0.417. The van der Waals surface area contributed by atoms with Crippen molar-refractivity contribution in [2.24, 2.45) is 5.92 Å². The predicted octanol–water partition coefficient (Wildman–Crippen LogP) is 2.29. The highest BCUT2D eigenvalue weighted by molar-refractivity contribution is 6.18. The fourth-order valence-electron chi connectivity index (χ4n) is 1.98. The van der Waals surface area contributed by atoms with Crippen molar-refractivity contribution in [1.29, 1.82) is 0 Å². The van der Waals surface area contributed by atoms with Crippen LogP contribution in [0, 0.1) is 12.8 Å². The van der Waals surface area contributed by atoms with E-state index in [1.54, 1.807) is 11.0 Å². The van der Waals surface area contributed by atoms with Crippen LogP contribution in [0.1, 0.15) is 12.0 Å². The average molecular weight is 240 g/mol. The zero-order chi connectivity index (χ0) is 11.7. The molecule has 0 aromatic heterocycles. The molecule has 4 heteroatoms. The number of hydrogen-bond acceptors (Lipinski definition) is 2. The van der Waals surface area contributed by atoms with Crippen molar-refractivity contribution >= 4 is 23.2 Å². The highest BCUT2D eigenvalue weighted by atomic mass is 35.5. The molecule has 1 aromatic carbocycles. The van der Waals surface area contributed by atoms with Crippen LogP contribution in [-0.4, -0.2) is 23.4 Å². The number of nitrogens with zero attached hydrogens (tertiary/aromatic N) is 1. The summed E-state index contributed by atoms with van der Waals surface area (Å²) in [6.07, 6.45) is 0.469. The van der Waals surface area contributed by atoms with Crippen LogP contribution in [0.5, 0.6) is 5.75 Å². The monoisotopic (exact) mass is 239 g/mol. The van der Waals surface area contributed by atoms with E-state index >= 15 is 0 Å². The molecular formula is C12H14ClNO2. The lowest BCUT2D eigenvalue weighted by Gasteiger charge is -2.18. The van der Waals surface area contributed by atoms with Gasteiger partial charge in [0.2, 0.25) is 5.91 Å². The van der Waals surface area contributed by atoms with Crippen molar-refractivity contribution in [3.63, 3.8) is 0 Å². The third kappa shape index (κ3) is 1.87. The highest BCUT2D eigenvalue weighted by Gasteiger charge is 2.31. The molecule has 1 fully saturated rings. The summed E-state index contributed by atoms with van der Waals surface area (Å²) in [5, 5.41) is 9.91. The lowest BCUT2D eigenvalue weighted by molar-refractivity contribution is -0.117. The van der Waals surface area contributed by atoms with Gasteiger partial charge in [0.1, 0.15) is 5.75 Å². The molecule has 1 saturated heterocycles. The highest BCUT2D eigenvalue weighted by Crippen LogP contribution is 2.34. The number of carbonyl (C=O) groups is 1. The molecule has 0 saturated carbocycles. The number of aromatic hydroxyl groups is 1. The fourth-order valence-corrected chi connectivity index (χ4v) is 2.19. The summed E-state index contributed by atoms with van der Waals surface area (Å²) in [6, 6.07) is 5.42. The third-order valence-corrected chi connectivity index (χ3v) is 3.37. The van der Waals surface area contributed by atoms with Gasteiger partial charge in [0.05, 0.1) is 5.69 Å².